The lowest BCUT2D eigenvalue weighted by Gasteiger charge is -2.16. The molecule has 0 saturated heterocycles. The minimum absolute atomic E-state index is 0.00337. The van der Waals surface area contributed by atoms with Crippen molar-refractivity contribution >= 4 is 22.9 Å². The maximum Gasteiger partial charge on any atom is 0.234 e. The molecule has 1 atom stereocenters. The van der Waals surface area contributed by atoms with Gasteiger partial charge in [0.15, 0.2) is 0 Å². The van der Waals surface area contributed by atoms with Crippen molar-refractivity contribution in [3.63, 3.8) is 0 Å². The van der Waals surface area contributed by atoms with Gasteiger partial charge in [-0.05, 0) is 30.5 Å². The molecule has 1 unspecified atom stereocenters. The van der Waals surface area contributed by atoms with Gasteiger partial charge >= 0.3 is 0 Å². The van der Waals surface area contributed by atoms with Crippen LogP contribution in [0.25, 0.3) is 11.0 Å². The summed E-state index contributed by atoms with van der Waals surface area (Å²) in [4.78, 5) is 17.4. The molecule has 3 aromatic rings. The third-order valence-electron chi connectivity index (χ3n) is 4.26. The second kappa shape index (κ2) is 7.30. The molecule has 4 heteroatoms. The maximum atomic E-state index is 12.8. The van der Waals surface area contributed by atoms with Gasteiger partial charge in [0.1, 0.15) is 0 Å². The summed E-state index contributed by atoms with van der Waals surface area (Å²) in [5.74, 6) is 0.467. The number of imidazole rings is 1. The first kappa shape index (κ1) is 16.2. The predicted molar refractivity (Wildman–Crippen MR) is 98.1 cm³/mol. The Labute approximate surface area is 142 Å². The number of hydrogen-bond donors (Lipinski definition) is 1. The fourth-order valence-corrected chi connectivity index (χ4v) is 3.08. The molecule has 0 spiro atoms. The summed E-state index contributed by atoms with van der Waals surface area (Å²) in [5.41, 5.74) is 3.01. The number of rotatable bonds is 6. The zero-order chi connectivity index (χ0) is 16.9. The Balaban J connectivity index is 1.91. The van der Waals surface area contributed by atoms with Gasteiger partial charge < -0.3 is 4.57 Å². The Kier molecular flexibility index (Phi) is 4.94. The Morgan fingerprint density at radius 1 is 1.08 bits per heavy atom. The molecule has 0 radical (unpaired) electrons. The van der Waals surface area contributed by atoms with Crippen LogP contribution in [0, 0.1) is 0 Å². The van der Waals surface area contributed by atoms with Gasteiger partial charge in [0.05, 0.1) is 17.0 Å². The first-order chi connectivity index (χ1) is 11.7. The minimum atomic E-state index is -0.166. The monoisotopic (exact) mass is 321 g/mol. The predicted octanol–water partition coefficient (Wildman–Crippen LogP) is 4.58. The molecular formula is C20H23N3O. The number of aryl methyl sites for hydroxylation is 1. The van der Waals surface area contributed by atoms with E-state index in [0.717, 1.165) is 36.0 Å². The van der Waals surface area contributed by atoms with E-state index in [9.17, 15) is 4.79 Å². The number of amides is 1. The van der Waals surface area contributed by atoms with E-state index in [-0.39, 0.29) is 11.8 Å². The molecule has 1 heterocycles. The van der Waals surface area contributed by atoms with Gasteiger partial charge in [-0.1, -0.05) is 56.3 Å². The fraction of sp³-hybridized carbons (Fsp3) is 0.300. The molecule has 1 amide bonds. The van der Waals surface area contributed by atoms with Crippen LogP contribution in [0.1, 0.15) is 38.2 Å². The van der Waals surface area contributed by atoms with E-state index >= 15 is 0 Å². The van der Waals surface area contributed by atoms with E-state index in [4.69, 9.17) is 0 Å². The Morgan fingerprint density at radius 3 is 2.50 bits per heavy atom. The van der Waals surface area contributed by atoms with Gasteiger partial charge in [0, 0.05) is 6.54 Å². The second-order valence-corrected chi connectivity index (χ2v) is 5.94. The highest BCUT2D eigenvalue weighted by Gasteiger charge is 2.21. The zero-order valence-corrected chi connectivity index (χ0v) is 14.2. The highest BCUT2D eigenvalue weighted by molar-refractivity contribution is 5.96. The van der Waals surface area contributed by atoms with E-state index in [0.29, 0.717) is 5.95 Å². The number of carbonyl (C=O) groups is 1. The number of benzene rings is 2. The average Bonchev–Trinajstić information content (AvgIpc) is 2.94. The van der Waals surface area contributed by atoms with Crippen LogP contribution in [0.5, 0.6) is 0 Å². The lowest BCUT2D eigenvalue weighted by atomic mass is 9.96. The number of carbonyl (C=O) groups excluding carboxylic acids is 1. The summed E-state index contributed by atoms with van der Waals surface area (Å²) in [6.45, 7) is 4.99. The fourth-order valence-electron chi connectivity index (χ4n) is 3.08. The third-order valence-corrected chi connectivity index (χ3v) is 4.26. The van der Waals surface area contributed by atoms with Crippen LogP contribution >= 0.6 is 0 Å². The molecule has 0 aliphatic carbocycles. The van der Waals surface area contributed by atoms with E-state index in [1.165, 1.54) is 0 Å². The highest BCUT2D eigenvalue weighted by Crippen LogP contribution is 2.24. The summed E-state index contributed by atoms with van der Waals surface area (Å²) < 4.78 is 2.09. The average molecular weight is 321 g/mol. The van der Waals surface area contributed by atoms with Crippen molar-refractivity contribution in [2.45, 2.75) is 39.2 Å². The summed E-state index contributed by atoms with van der Waals surface area (Å²) in [6, 6.07) is 17.9. The van der Waals surface area contributed by atoms with Crippen molar-refractivity contribution in [2.24, 2.45) is 0 Å². The van der Waals surface area contributed by atoms with Crippen LogP contribution in [0.3, 0.4) is 0 Å². The smallest absolute Gasteiger partial charge is 0.234 e. The van der Waals surface area contributed by atoms with Crippen molar-refractivity contribution in [3.05, 3.63) is 60.2 Å². The standard InChI is InChI=1S/C20H23N3O/c1-3-14-23-18-13-9-8-12-17(18)21-20(23)22-19(24)16(4-2)15-10-6-5-7-11-15/h5-13,16H,3-4,14H2,1-2H3,(H,21,22,24). The Hall–Kier alpha value is -2.62. The number of nitrogens with zero attached hydrogens (tertiary/aromatic N) is 2. The van der Waals surface area contributed by atoms with Crippen LogP contribution in [0.4, 0.5) is 5.95 Å². The van der Waals surface area contributed by atoms with Crippen molar-refractivity contribution in [1.82, 2.24) is 9.55 Å². The molecule has 0 bridgehead atoms. The first-order valence-electron chi connectivity index (χ1n) is 8.55. The van der Waals surface area contributed by atoms with E-state index < -0.39 is 0 Å². The molecular weight excluding hydrogens is 298 g/mol. The van der Waals surface area contributed by atoms with Crippen LogP contribution in [0.15, 0.2) is 54.6 Å². The summed E-state index contributed by atoms with van der Waals surface area (Å²) in [6.07, 6.45) is 1.74. The summed E-state index contributed by atoms with van der Waals surface area (Å²) in [5, 5.41) is 3.05. The molecule has 0 aliphatic rings. The van der Waals surface area contributed by atoms with Crippen LogP contribution in [-0.2, 0) is 11.3 Å². The summed E-state index contributed by atoms with van der Waals surface area (Å²) >= 11 is 0. The molecule has 24 heavy (non-hydrogen) atoms. The largest absolute Gasteiger partial charge is 0.310 e. The van der Waals surface area contributed by atoms with Gasteiger partial charge in [-0.3, -0.25) is 10.1 Å². The van der Waals surface area contributed by atoms with Crippen molar-refractivity contribution in [2.75, 3.05) is 5.32 Å². The topological polar surface area (TPSA) is 46.9 Å². The van der Waals surface area contributed by atoms with E-state index in [1.807, 2.05) is 61.5 Å². The number of para-hydroxylation sites is 2. The molecule has 3 rings (SSSR count). The first-order valence-corrected chi connectivity index (χ1v) is 8.55. The highest BCUT2D eigenvalue weighted by atomic mass is 16.2. The second-order valence-electron chi connectivity index (χ2n) is 5.94. The lowest BCUT2D eigenvalue weighted by Crippen LogP contribution is -2.23. The minimum Gasteiger partial charge on any atom is -0.310 e. The number of hydrogen-bond acceptors (Lipinski definition) is 2. The number of anilines is 1. The lowest BCUT2D eigenvalue weighted by molar-refractivity contribution is -0.117. The zero-order valence-electron chi connectivity index (χ0n) is 14.2. The molecule has 0 aliphatic heterocycles. The molecule has 1 aromatic heterocycles. The Bertz CT molecular complexity index is 823. The van der Waals surface area contributed by atoms with Crippen molar-refractivity contribution < 1.29 is 4.79 Å². The molecule has 0 fully saturated rings. The number of aromatic nitrogens is 2. The van der Waals surface area contributed by atoms with Gasteiger partial charge in [-0.25, -0.2) is 4.98 Å². The molecule has 4 nitrogen and oxygen atoms in total. The van der Waals surface area contributed by atoms with Crippen LogP contribution in [-0.4, -0.2) is 15.5 Å². The molecule has 2 aromatic carbocycles. The van der Waals surface area contributed by atoms with E-state index in [1.54, 1.807) is 0 Å². The van der Waals surface area contributed by atoms with Gasteiger partial charge in [0.25, 0.3) is 0 Å². The normalized spacial score (nSPS) is 12.2. The maximum absolute atomic E-state index is 12.8. The van der Waals surface area contributed by atoms with Crippen LogP contribution in [0.2, 0.25) is 0 Å². The van der Waals surface area contributed by atoms with Crippen LogP contribution < -0.4 is 5.32 Å². The van der Waals surface area contributed by atoms with E-state index in [2.05, 4.69) is 21.8 Å². The summed E-state index contributed by atoms with van der Waals surface area (Å²) in [7, 11) is 0. The number of nitrogens with one attached hydrogen (secondary N) is 1. The van der Waals surface area contributed by atoms with Crippen molar-refractivity contribution in [3.8, 4) is 0 Å². The number of fused-ring (bicyclic) bond motifs is 1. The third kappa shape index (κ3) is 3.18. The van der Waals surface area contributed by atoms with Crippen molar-refractivity contribution in [1.29, 1.82) is 0 Å². The molecule has 124 valence electrons. The molecule has 0 saturated carbocycles. The SMILES string of the molecule is CCCn1c(NC(=O)C(CC)c2ccccc2)nc2ccccc21. The molecule has 1 N–H and O–H groups in total. The van der Waals surface area contributed by atoms with Gasteiger partial charge in [-0.15, -0.1) is 0 Å². The Morgan fingerprint density at radius 2 is 1.79 bits per heavy atom. The quantitative estimate of drug-likeness (QED) is 0.722. The van der Waals surface area contributed by atoms with Gasteiger partial charge in [0.2, 0.25) is 11.9 Å². The van der Waals surface area contributed by atoms with Gasteiger partial charge in [-0.2, -0.15) is 0 Å².